The molecule has 0 saturated carbocycles. The number of halogens is 8. The molecule has 2 aromatic heterocycles. The van der Waals surface area contributed by atoms with Gasteiger partial charge in [0.2, 0.25) is 11.6 Å². The van der Waals surface area contributed by atoms with Crippen LogP contribution in [-0.2, 0) is 17.0 Å². The Morgan fingerprint density at radius 3 is 1.69 bits per heavy atom. The molecule has 0 spiro atoms. The van der Waals surface area contributed by atoms with Gasteiger partial charge >= 0.3 is 35.6 Å². The van der Waals surface area contributed by atoms with Gasteiger partial charge in [-0.1, -0.05) is 112 Å². The van der Waals surface area contributed by atoms with Crippen LogP contribution in [0.1, 0.15) is 45.6 Å². The molecule has 0 bridgehead atoms. The normalized spacial score (nSPS) is 10.4. The van der Waals surface area contributed by atoms with Crippen LogP contribution in [0.3, 0.4) is 0 Å². The molecule has 2 aromatic carbocycles. The average molecular weight is 783 g/mol. The maximum absolute atomic E-state index is 9.96. The molecular formula is C26H27Cl7FN4NaO6. The first-order valence-electron chi connectivity index (χ1n) is 13.0. The van der Waals surface area contributed by atoms with Gasteiger partial charge in [-0.05, 0) is 42.8 Å². The summed E-state index contributed by atoms with van der Waals surface area (Å²) in [7, 11) is -1.00. The van der Waals surface area contributed by atoms with Crippen LogP contribution < -0.4 is 48.9 Å². The third-order valence-electron chi connectivity index (χ3n) is 4.30. The first kappa shape index (κ1) is 42.1. The van der Waals surface area contributed by atoms with E-state index in [0.29, 0.717) is 44.0 Å². The summed E-state index contributed by atoms with van der Waals surface area (Å²) in [4.78, 5) is 7.89. The minimum atomic E-state index is -1.76. The van der Waals surface area contributed by atoms with Crippen LogP contribution in [0, 0.1) is 0 Å². The van der Waals surface area contributed by atoms with E-state index in [4.69, 9.17) is 106 Å². The minimum absolute atomic E-state index is 0. The van der Waals surface area contributed by atoms with Gasteiger partial charge in [0.25, 0.3) is 9.68 Å². The molecule has 45 heavy (non-hydrogen) atoms. The van der Waals surface area contributed by atoms with Gasteiger partial charge in [-0.2, -0.15) is 9.97 Å². The first-order chi connectivity index (χ1) is 21.4. The van der Waals surface area contributed by atoms with Gasteiger partial charge < -0.3 is 23.8 Å². The second-order valence-electron chi connectivity index (χ2n) is 7.77. The summed E-state index contributed by atoms with van der Waals surface area (Å²) in [5.41, 5.74) is 0. The van der Waals surface area contributed by atoms with Crippen molar-refractivity contribution in [1.29, 1.82) is 0 Å². The van der Waals surface area contributed by atoms with Crippen molar-refractivity contribution >= 4 is 81.2 Å². The fourth-order valence-corrected chi connectivity index (χ4v) is 3.60. The van der Waals surface area contributed by atoms with E-state index in [1.165, 1.54) is 0 Å². The molecule has 4 aromatic rings. The number of hydrogen-bond donors (Lipinski definition) is 0. The van der Waals surface area contributed by atoms with Crippen molar-refractivity contribution in [2.45, 2.75) is 43.7 Å². The number of aromatic nitrogens is 4. The number of nitrogens with zero attached hydrogens (tertiary/aromatic N) is 4. The Kier molecular flexibility index (Phi) is 22.6. The molecule has 0 unspecified atom stereocenters. The van der Waals surface area contributed by atoms with Crippen LogP contribution in [0.2, 0.25) is 20.1 Å². The summed E-state index contributed by atoms with van der Waals surface area (Å²) in [5.74, 6) is 1.43. The zero-order valence-electron chi connectivity index (χ0n) is 25.2. The quantitative estimate of drug-likeness (QED) is 0.142. The largest absolute Gasteiger partial charge is 1.00 e. The van der Waals surface area contributed by atoms with E-state index in [1.54, 1.807) is 36.4 Å². The average Bonchev–Trinajstić information content (AvgIpc) is 3.66. The van der Waals surface area contributed by atoms with Crippen molar-refractivity contribution in [1.82, 2.24) is 20.3 Å². The predicted molar refractivity (Wildman–Crippen MR) is 167 cm³/mol. The first-order valence-corrected chi connectivity index (χ1v) is 15.0. The second-order valence-corrected chi connectivity index (χ2v) is 11.7. The molecule has 0 atom stereocenters. The molecule has 19 heteroatoms. The van der Waals surface area contributed by atoms with Crippen molar-refractivity contribution in [3.8, 4) is 17.6 Å². The molecule has 244 valence electrons. The molecule has 0 aliphatic carbocycles. The summed E-state index contributed by atoms with van der Waals surface area (Å²) in [6.45, 7) is 4.62. The molecular weight excluding hydrogens is 754 g/mol. The van der Waals surface area contributed by atoms with E-state index in [2.05, 4.69) is 20.3 Å². The summed E-state index contributed by atoms with van der Waals surface area (Å²) < 4.78 is 39.5. The van der Waals surface area contributed by atoms with Gasteiger partial charge in [0.15, 0.2) is 13.2 Å². The Balaban J connectivity index is 0.000000720. The van der Waals surface area contributed by atoms with Crippen molar-refractivity contribution in [2.24, 2.45) is 0 Å². The van der Waals surface area contributed by atoms with E-state index in [1.807, 2.05) is 13.8 Å². The fourth-order valence-electron chi connectivity index (χ4n) is 2.44. The molecule has 10 nitrogen and oxygen atoms in total. The monoisotopic (exact) mass is 779 g/mol. The Bertz CT molecular complexity index is 1400. The minimum Gasteiger partial charge on any atom is -0.854 e. The van der Waals surface area contributed by atoms with Gasteiger partial charge in [-0.25, -0.2) is 0 Å². The third-order valence-corrected chi connectivity index (χ3v) is 5.84. The van der Waals surface area contributed by atoms with E-state index in [-0.39, 0.29) is 67.2 Å². The molecule has 0 N–H and O–H groups in total. The third kappa shape index (κ3) is 17.7. The molecule has 0 aliphatic heterocycles. The van der Waals surface area contributed by atoms with Crippen LogP contribution in [0.25, 0.3) is 0 Å². The molecule has 2 heterocycles. The van der Waals surface area contributed by atoms with Gasteiger partial charge in [-0.15, -0.1) is 6.61 Å². The Hall–Kier alpha value is -0.960. The number of benzene rings is 2. The smallest absolute Gasteiger partial charge is 0.854 e. The Labute approximate surface area is 318 Å². The van der Waals surface area contributed by atoms with Crippen molar-refractivity contribution in [3.05, 3.63) is 74.0 Å². The van der Waals surface area contributed by atoms with E-state index in [9.17, 15) is 9.50 Å². The van der Waals surface area contributed by atoms with Crippen molar-refractivity contribution < 1.29 is 63.7 Å². The number of hydrogen-bond acceptors (Lipinski definition) is 10. The topological polar surface area (TPSA) is 129 Å². The van der Waals surface area contributed by atoms with E-state index < -0.39 is 10.9 Å². The van der Waals surface area contributed by atoms with Crippen molar-refractivity contribution in [3.63, 3.8) is 0 Å². The maximum atomic E-state index is 9.96. The van der Waals surface area contributed by atoms with Crippen LogP contribution in [0.5, 0.6) is 17.6 Å². The molecule has 0 radical (unpaired) electrons. The zero-order valence-corrected chi connectivity index (χ0v) is 31.5. The zero-order chi connectivity index (χ0) is 33.8. The maximum Gasteiger partial charge on any atom is 1.00 e. The van der Waals surface area contributed by atoms with Crippen LogP contribution >= 0.6 is 81.2 Å². The van der Waals surface area contributed by atoms with Gasteiger partial charge in [-0.3, -0.25) is 8.91 Å². The van der Waals surface area contributed by atoms with Gasteiger partial charge in [0.05, 0.1) is 25.2 Å². The second kappa shape index (κ2) is 24.2. The summed E-state index contributed by atoms with van der Waals surface area (Å²) in [5, 5.41) is 18.5. The van der Waals surface area contributed by atoms with E-state index >= 15 is 0 Å². The van der Waals surface area contributed by atoms with Crippen LogP contribution in [-0.4, -0.2) is 40.6 Å². The Morgan fingerprint density at radius 1 is 0.822 bits per heavy atom. The number of ether oxygens (including phenoxy) is 3. The molecule has 0 saturated heterocycles. The number of alkyl halides is 4. The summed E-state index contributed by atoms with van der Waals surface area (Å²) in [6, 6.07) is 9.80. The van der Waals surface area contributed by atoms with E-state index in [0.717, 1.165) is 12.8 Å². The molecule has 0 amide bonds. The SMILES string of the molecule is CCCOc1nc(COc2ccc(Cl)cc2Cl)no1.CCC[O-].Clc1ccc(OCc2noc(C(Cl)(Cl)Cl)n2)c(Cl)c1.[2H]CF.[Na+]. The summed E-state index contributed by atoms with van der Waals surface area (Å²) >= 11 is 40.2. The molecule has 0 fully saturated rings. The fraction of sp³-hybridized carbons (Fsp3) is 0.385. The van der Waals surface area contributed by atoms with Crippen molar-refractivity contribution in [2.75, 3.05) is 20.4 Å². The standard InChI is InChI=1S/C12H12Cl2N2O3.C10H5Cl5N2O2.C3H7O.CH3F.Na/c1-2-5-17-12-15-11(16-19-12)7-18-10-4-3-8(13)6-9(10)14;11-5-1-2-7(6(12)3-5)18-4-8-16-9(19-17-8)10(13,14)15;1-2-3-4;1-2;/h3-4,6H,2,5,7H2,1H3;1-3H,4H2;2-3H2,1H3;1H3;/q;;-1;;+1/i;;;1D;. The Morgan fingerprint density at radius 2 is 1.29 bits per heavy atom. The molecule has 0 aliphatic rings. The van der Waals surface area contributed by atoms with Gasteiger partial charge in [0, 0.05) is 10.0 Å². The summed E-state index contributed by atoms with van der Waals surface area (Å²) in [6.07, 6.45) is 1.77. The van der Waals surface area contributed by atoms with Crippen LogP contribution in [0.4, 0.5) is 4.39 Å². The van der Waals surface area contributed by atoms with Gasteiger partial charge in [0.1, 0.15) is 11.5 Å². The van der Waals surface area contributed by atoms with Crippen LogP contribution in [0.15, 0.2) is 45.4 Å². The number of rotatable bonds is 10. The molecule has 4 rings (SSSR count). The predicted octanol–water partition coefficient (Wildman–Crippen LogP) is 5.87.